The van der Waals surface area contributed by atoms with Gasteiger partial charge in [0.1, 0.15) is 11.2 Å². The van der Waals surface area contributed by atoms with Crippen LogP contribution in [0.4, 0.5) is 0 Å². The maximum atomic E-state index is 4.77. The molecule has 236 valence electrons. The minimum Gasteiger partial charge on any atom is -0.308 e. The van der Waals surface area contributed by atoms with Gasteiger partial charge < -0.3 is 4.57 Å². The molecule has 0 spiro atoms. The Morgan fingerprint density at radius 2 is 1.10 bits per heavy atom. The average molecular weight is 684 g/mol. The number of aromatic nitrogens is 3. The third kappa shape index (κ3) is 3.71. The van der Waals surface area contributed by atoms with E-state index in [0.717, 1.165) is 15.9 Å². The summed E-state index contributed by atoms with van der Waals surface area (Å²) in [6.45, 7) is 0. The highest BCUT2D eigenvalue weighted by molar-refractivity contribution is 7.29. The van der Waals surface area contributed by atoms with Crippen LogP contribution >= 0.6 is 22.7 Å². The lowest BCUT2D eigenvalue weighted by Crippen LogP contribution is -1.94. The maximum absolute atomic E-state index is 4.77. The molecule has 12 rings (SSSR count). The molecular weight excluding hydrogens is 659 g/mol. The van der Waals surface area contributed by atoms with Gasteiger partial charge in [0.15, 0.2) is 0 Å². The van der Waals surface area contributed by atoms with E-state index in [4.69, 9.17) is 4.98 Å². The lowest BCUT2D eigenvalue weighted by Gasteiger charge is -2.13. The van der Waals surface area contributed by atoms with Gasteiger partial charge in [0.2, 0.25) is 0 Å². The van der Waals surface area contributed by atoms with Crippen molar-refractivity contribution in [2.24, 2.45) is 0 Å². The van der Waals surface area contributed by atoms with Crippen molar-refractivity contribution < 1.29 is 0 Å². The van der Waals surface area contributed by atoms with E-state index in [1.54, 1.807) is 17.7 Å². The number of para-hydroxylation sites is 1. The first-order valence-electron chi connectivity index (χ1n) is 17.1. The Balaban J connectivity index is 1.18. The van der Waals surface area contributed by atoms with Crippen LogP contribution in [0.2, 0.25) is 0 Å². The molecule has 5 heteroatoms. The summed E-state index contributed by atoms with van der Waals surface area (Å²) in [5.74, 6) is 0. The molecule has 0 unspecified atom stereocenters. The van der Waals surface area contributed by atoms with Gasteiger partial charge in [-0.15, -0.1) is 22.7 Å². The summed E-state index contributed by atoms with van der Waals surface area (Å²) in [5.41, 5.74) is 5.99. The first-order chi connectivity index (χ1) is 25.3. The SMILES string of the molecule is c1cc(-c2ccc3c4ccccc4c4ccccc4c3c2)cc(-n2c3ccccc3c3c4sc5ccccc5c4c4c5cncnc5sc4c32)c1. The van der Waals surface area contributed by atoms with Crippen LogP contribution in [-0.4, -0.2) is 14.5 Å². The number of hydrogen-bond donors (Lipinski definition) is 0. The molecule has 0 saturated heterocycles. The zero-order valence-corrected chi connectivity index (χ0v) is 28.7. The molecule has 4 heterocycles. The molecule has 0 amide bonds. The Bertz CT molecular complexity index is 3400. The lowest BCUT2D eigenvalue weighted by atomic mass is 9.92. The largest absolute Gasteiger partial charge is 0.308 e. The van der Waals surface area contributed by atoms with E-state index in [2.05, 4.69) is 149 Å². The number of benzene rings is 8. The molecule has 0 atom stereocenters. The van der Waals surface area contributed by atoms with Crippen LogP contribution in [0.5, 0.6) is 0 Å². The first kappa shape index (κ1) is 27.7. The zero-order valence-electron chi connectivity index (χ0n) is 27.1. The minimum atomic E-state index is 1.02. The summed E-state index contributed by atoms with van der Waals surface area (Å²) < 4.78 is 6.37. The van der Waals surface area contributed by atoms with Crippen LogP contribution in [-0.2, 0) is 0 Å². The van der Waals surface area contributed by atoms with Crippen LogP contribution in [0.15, 0.2) is 152 Å². The van der Waals surface area contributed by atoms with Crippen molar-refractivity contribution in [2.45, 2.75) is 0 Å². The standard InChI is InChI=1S/C46H25N3S2/c1-2-14-31-29(12-1)30-13-3-4-15-32(30)36-23-27(20-21-33(31)36)26-10-9-11-28(22-26)49-38-18-7-5-16-34(38)42-43(49)45-41(37-24-47-25-48-46(37)51-45)40-35-17-6-8-19-39(35)50-44(40)42/h1-25H. The van der Waals surface area contributed by atoms with Crippen molar-refractivity contribution in [3.8, 4) is 16.8 Å². The first-order valence-corrected chi connectivity index (χ1v) is 18.8. The molecule has 51 heavy (non-hydrogen) atoms. The monoisotopic (exact) mass is 683 g/mol. The molecule has 12 aromatic rings. The Hall–Kier alpha value is -6.14. The number of rotatable bonds is 2. The van der Waals surface area contributed by atoms with E-state index in [0.29, 0.717) is 0 Å². The molecule has 0 fully saturated rings. The summed E-state index contributed by atoms with van der Waals surface area (Å²) in [5, 5.41) is 15.3. The summed E-state index contributed by atoms with van der Waals surface area (Å²) >= 11 is 3.67. The maximum Gasteiger partial charge on any atom is 0.127 e. The van der Waals surface area contributed by atoms with Gasteiger partial charge >= 0.3 is 0 Å². The van der Waals surface area contributed by atoms with Crippen molar-refractivity contribution in [1.82, 2.24) is 14.5 Å². The van der Waals surface area contributed by atoms with Gasteiger partial charge in [0.25, 0.3) is 0 Å². The van der Waals surface area contributed by atoms with Gasteiger partial charge in [0, 0.05) is 53.6 Å². The summed E-state index contributed by atoms with van der Waals surface area (Å²) in [7, 11) is 0. The fourth-order valence-corrected chi connectivity index (χ4v) is 11.0. The molecular formula is C46H25N3S2. The highest BCUT2D eigenvalue weighted by atomic mass is 32.1. The topological polar surface area (TPSA) is 30.7 Å². The molecule has 0 saturated carbocycles. The van der Waals surface area contributed by atoms with E-state index >= 15 is 0 Å². The van der Waals surface area contributed by atoms with Crippen molar-refractivity contribution >= 4 is 117 Å². The van der Waals surface area contributed by atoms with Gasteiger partial charge in [-0.3, -0.25) is 0 Å². The van der Waals surface area contributed by atoms with Crippen LogP contribution in [0.25, 0.3) is 111 Å². The van der Waals surface area contributed by atoms with Crippen molar-refractivity contribution in [2.75, 3.05) is 0 Å². The second-order valence-corrected chi connectivity index (χ2v) is 15.4. The Morgan fingerprint density at radius 1 is 0.451 bits per heavy atom. The van der Waals surface area contributed by atoms with Gasteiger partial charge in [-0.2, -0.15) is 0 Å². The molecule has 8 aromatic carbocycles. The number of fused-ring (bicyclic) bond motifs is 18. The Labute approximate surface area is 299 Å². The smallest absolute Gasteiger partial charge is 0.127 e. The molecule has 0 bridgehead atoms. The van der Waals surface area contributed by atoms with Gasteiger partial charge in [0.05, 0.1) is 15.7 Å². The molecule has 0 aliphatic rings. The van der Waals surface area contributed by atoms with E-state index in [1.807, 2.05) is 17.5 Å². The molecule has 0 N–H and O–H groups in total. The predicted molar refractivity (Wildman–Crippen MR) is 220 cm³/mol. The zero-order chi connectivity index (χ0) is 33.2. The quantitative estimate of drug-likeness (QED) is 0.170. The normalized spacial score (nSPS) is 12.3. The van der Waals surface area contributed by atoms with Crippen LogP contribution < -0.4 is 0 Å². The van der Waals surface area contributed by atoms with E-state index in [9.17, 15) is 0 Å². The van der Waals surface area contributed by atoms with Crippen LogP contribution in [0, 0.1) is 0 Å². The van der Waals surface area contributed by atoms with Gasteiger partial charge in [-0.1, -0.05) is 109 Å². The van der Waals surface area contributed by atoms with Crippen LogP contribution in [0.1, 0.15) is 0 Å². The van der Waals surface area contributed by atoms with Gasteiger partial charge in [-0.25, -0.2) is 9.97 Å². The summed E-state index contributed by atoms with van der Waals surface area (Å²) in [6.07, 6.45) is 3.67. The van der Waals surface area contributed by atoms with Crippen molar-refractivity contribution in [3.05, 3.63) is 152 Å². The van der Waals surface area contributed by atoms with E-state index < -0.39 is 0 Å². The second-order valence-electron chi connectivity index (χ2n) is 13.3. The highest BCUT2D eigenvalue weighted by Gasteiger charge is 2.24. The van der Waals surface area contributed by atoms with Crippen molar-refractivity contribution in [3.63, 3.8) is 0 Å². The summed E-state index contributed by atoms with van der Waals surface area (Å²) in [4.78, 5) is 10.3. The molecule has 0 aliphatic carbocycles. The lowest BCUT2D eigenvalue weighted by molar-refractivity contribution is 1.19. The number of hydrogen-bond acceptors (Lipinski definition) is 4. The van der Waals surface area contributed by atoms with E-state index in [1.165, 1.54) is 95.5 Å². The average Bonchev–Trinajstić information content (AvgIpc) is 3.88. The third-order valence-electron chi connectivity index (χ3n) is 10.7. The third-order valence-corrected chi connectivity index (χ3v) is 13.0. The van der Waals surface area contributed by atoms with Gasteiger partial charge in [-0.05, 0) is 73.8 Å². The minimum absolute atomic E-state index is 1.02. The molecule has 3 nitrogen and oxygen atoms in total. The molecule has 4 aromatic heterocycles. The van der Waals surface area contributed by atoms with Crippen molar-refractivity contribution in [1.29, 1.82) is 0 Å². The fraction of sp³-hybridized carbons (Fsp3) is 0. The molecule has 0 aliphatic heterocycles. The fourth-order valence-electron chi connectivity index (χ4n) is 8.59. The summed E-state index contributed by atoms with van der Waals surface area (Å²) in [6, 6.07) is 51.4. The van der Waals surface area contributed by atoms with E-state index in [-0.39, 0.29) is 0 Å². The Morgan fingerprint density at radius 3 is 1.90 bits per heavy atom. The second kappa shape index (κ2) is 10.2. The highest BCUT2D eigenvalue weighted by Crippen LogP contribution is 2.51. The number of thiophene rings is 2. The Kier molecular flexibility index (Phi) is 5.53. The predicted octanol–water partition coefficient (Wildman–Crippen LogP) is 13.4. The van der Waals surface area contributed by atoms with Crippen LogP contribution in [0.3, 0.4) is 0 Å². The number of nitrogens with zero attached hydrogens (tertiary/aromatic N) is 3. The molecule has 0 radical (unpaired) electrons.